The fourth-order valence-electron chi connectivity index (χ4n) is 1.51. The Kier molecular flexibility index (Phi) is 4.46. The third-order valence-corrected chi connectivity index (χ3v) is 3.26. The minimum absolute atomic E-state index is 0.0430. The molecule has 1 amide bonds. The number of hydrogen-bond donors (Lipinski definition) is 2. The van der Waals surface area contributed by atoms with Gasteiger partial charge in [0.05, 0.1) is 0 Å². The highest BCUT2D eigenvalue weighted by Gasteiger charge is 2.18. The van der Waals surface area contributed by atoms with Crippen LogP contribution in [-0.2, 0) is 6.54 Å². The van der Waals surface area contributed by atoms with Gasteiger partial charge in [0.2, 0.25) is 16.9 Å². The molecule has 0 saturated heterocycles. The predicted molar refractivity (Wildman–Crippen MR) is 77.0 cm³/mol. The number of benzene rings is 1. The number of hydrogen-bond acceptors (Lipinski definition) is 4. The van der Waals surface area contributed by atoms with Crippen LogP contribution in [0, 0.1) is 0 Å². The summed E-state index contributed by atoms with van der Waals surface area (Å²) < 4.78 is 4.95. The number of nitrogens with one attached hydrogen (secondary N) is 1. The largest absolute Gasteiger partial charge is 0.501 e. The fraction of sp³-hybridized carbons (Fsp3) is 0.0769. The van der Waals surface area contributed by atoms with Gasteiger partial charge in [-0.2, -0.15) is 0 Å². The molecule has 5 nitrogen and oxygen atoms in total. The number of carbonyl (C=O) groups is 1. The summed E-state index contributed by atoms with van der Waals surface area (Å²) in [6.07, 6.45) is 1.05. The van der Waals surface area contributed by atoms with Crippen LogP contribution in [0.4, 0.5) is 0 Å². The molecule has 0 saturated carbocycles. The van der Waals surface area contributed by atoms with Crippen LogP contribution in [0.15, 0.2) is 44.2 Å². The molecule has 0 fully saturated rings. The molecule has 0 aliphatic heterocycles. The molecule has 0 spiro atoms. The minimum Gasteiger partial charge on any atom is -0.501 e. The van der Waals surface area contributed by atoms with Crippen LogP contribution in [0.5, 0.6) is 5.75 Å². The lowest BCUT2D eigenvalue weighted by Crippen LogP contribution is -2.24. The van der Waals surface area contributed by atoms with Crippen LogP contribution in [0.2, 0.25) is 5.02 Å². The molecule has 7 heteroatoms. The highest BCUT2D eigenvalue weighted by molar-refractivity contribution is 9.10. The number of carbonyl (C=O) groups excluding carboxylic acids is 1. The molecule has 1 aromatic heterocycles. The van der Waals surface area contributed by atoms with E-state index in [4.69, 9.17) is 16.0 Å². The first-order chi connectivity index (χ1) is 9.49. The van der Waals surface area contributed by atoms with E-state index < -0.39 is 22.8 Å². The van der Waals surface area contributed by atoms with Crippen molar-refractivity contribution in [1.82, 2.24) is 5.32 Å². The number of amides is 1. The van der Waals surface area contributed by atoms with Gasteiger partial charge < -0.3 is 14.8 Å². The van der Waals surface area contributed by atoms with Crippen molar-refractivity contribution in [3.05, 3.63) is 61.6 Å². The highest BCUT2D eigenvalue weighted by atomic mass is 79.9. The van der Waals surface area contributed by atoms with E-state index in [9.17, 15) is 14.7 Å². The smallest absolute Gasteiger partial charge is 0.291 e. The molecular formula is C13H9BrClNO4. The van der Waals surface area contributed by atoms with E-state index in [-0.39, 0.29) is 11.0 Å². The maximum Gasteiger partial charge on any atom is 0.291 e. The SMILES string of the molecule is O=C(NCc1cccc(Cl)c1)c1occ(Br)c(=O)c1O. The molecule has 1 aromatic carbocycles. The molecule has 0 atom stereocenters. The zero-order valence-corrected chi connectivity index (χ0v) is 12.4. The van der Waals surface area contributed by atoms with Crippen LogP contribution >= 0.6 is 27.5 Å². The Morgan fingerprint density at radius 1 is 1.45 bits per heavy atom. The molecule has 20 heavy (non-hydrogen) atoms. The molecular weight excluding hydrogens is 350 g/mol. The van der Waals surface area contributed by atoms with Crippen LogP contribution < -0.4 is 10.7 Å². The summed E-state index contributed by atoms with van der Waals surface area (Å²) in [7, 11) is 0. The molecule has 2 aromatic rings. The second-order valence-corrected chi connectivity index (χ2v) is 5.19. The summed E-state index contributed by atoms with van der Waals surface area (Å²) in [6, 6.07) is 6.94. The summed E-state index contributed by atoms with van der Waals surface area (Å²) in [4.78, 5) is 23.3. The van der Waals surface area contributed by atoms with Crippen molar-refractivity contribution in [3.63, 3.8) is 0 Å². The van der Waals surface area contributed by atoms with Gasteiger partial charge in [0.1, 0.15) is 10.7 Å². The van der Waals surface area contributed by atoms with Gasteiger partial charge in [0, 0.05) is 11.6 Å². The number of halogens is 2. The van der Waals surface area contributed by atoms with Gasteiger partial charge in [0.25, 0.3) is 5.91 Å². The van der Waals surface area contributed by atoms with Crippen LogP contribution in [0.1, 0.15) is 16.1 Å². The van der Waals surface area contributed by atoms with Crippen molar-refractivity contribution < 1.29 is 14.3 Å². The average molecular weight is 359 g/mol. The third-order valence-electron chi connectivity index (χ3n) is 2.48. The summed E-state index contributed by atoms with van der Waals surface area (Å²) >= 11 is 8.72. The van der Waals surface area contributed by atoms with Crippen molar-refractivity contribution in [2.45, 2.75) is 6.54 Å². The highest BCUT2D eigenvalue weighted by Crippen LogP contribution is 2.16. The average Bonchev–Trinajstić information content (AvgIpc) is 2.42. The summed E-state index contributed by atoms with van der Waals surface area (Å²) in [6.45, 7) is 0.193. The first kappa shape index (κ1) is 14.6. The molecule has 2 rings (SSSR count). The minimum atomic E-state index is -0.733. The van der Waals surface area contributed by atoms with Crippen LogP contribution in [-0.4, -0.2) is 11.0 Å². The molecule has 0 radical (unpaired) electrons. The van der Waals surface area contributed by atoms with Gasteiger partial charge in [-0.05, 0) is 33.6 Å². The lowest BCUT2D eigenvalue weighted by Gasteiger charge is -2.06. The molecule has 1 heterocycles. The Bertz CT molecular complexity index is 714. The van der Waals surface area contributed by atoms with E-state index in [1.165, 1.54) is 0 Å². The van der Waals surface area contributed by atoms with Crippen molar-refractivity contribution >= 4 is 33.4 Å². The van der Waals surface area contributed by atoms with E-state index in [1.54, 1.807) is 24.3 Å². The van der Waals surface area contributed by atoms with Gasteiger partial charge in [0.15, 0.2) is 0 Å². The van der Waals surface area contributed by atoms with Gasteiger partial charge in [-0.25, -0.2) is 0 Å². The standard InChI is InChI=1S/C13H9BrClNO4/c14-9-6-20-12(11(18)10(9)17)13(19)16-5-7-2-1-3-8(15)4-7/h1-4,6,18H,5H2,(H,16,19). The summed E-state index contributed by atoms with van der Waals surface area (Å²) in [5, 5.41) is 12.6. The number of rotatable bonds is 3. The van der Waals surface area contributed by atoms with Gasteiger partial charge in [-0.3, -0.25) is 9.59 Å². The van der Waals surface area contributed by atoms with Crippen LogP contribution in [0.3, 0.4) is 0 Å². The van der Waals surface area contributed by atoms with Crippen molar-refractivity contribution in [2.75, 3.05) is 0 Å². The Hall–Kier alpha value is -1.79. The van der Waals surface area contributed by atoms with E-state index in [1.807, 2.05) is 0 Å². The Labute approximate surface area is 127 Å². The van der Waals surface area contributed by atoms with E-state index >= 15 is 0 Å². The van der Waals surface area contributed by atoms with E-state index in [0.29, 0.717) is 5.02 Å². The molecule has 0 bridgehead atoms. The third kappa shape index (κ3) is 3.20. The quantitative estimate of drug-likeness (QED) is 0.884. The monoisotopic (exact) mass is 357 g/mol. The van der Waals surface area contributed by atoms with Gasteiger partial charge in [-0.15, -0.1) is 0 Å². The summed E-state index contributed by atoms with van der Waals surface area (Å²) in [5.74, 6) is -1.85. The lowest BCUT2D eigenvalue weighted by molar-refractivity contribution is 0.0915. The first-order valence-electron chi connectivity index (χ1n) is 5.52. The topological polar surface area (TPSA) is 79.5 Å². The Morgan fingerprint density at radius 3 is 2.90 bits per heavy atom. The second-order valence-electron chi connectivity index (χ2n) is 3.90. The molecule has 2 N–H and O–H groups in total. The van der Waals surface area contributed by atoms with Crippen molar-refractivity contribution in [1.29, 1.82) is 0 Å². The molecule has 0 aliphatic carbocycles. The van der Waals surface area contributed by atoms with E-state index in [2.05, 4.69) is 21.2 Å². The molecule has 0 unspecified atom stereocenters. The lowest BCUT2D eigenvalue weighted by atomic mass is 10.2. The maximum atomic E-state index is 11.8. The predicted octanol–water partition coefficient (Wildman–Crippen LogP) is 2.69. The Morgan fingerprint density at radius 2 is 2.20 bits per heavy atom. The normalized spacial score (nSPS) is 10.3. The first-order valence-corrected chi connectivity index (χ1v) is 6.69. The van der Waals surface area contributed by atoms with E-state index in [0.717, 1.165) is 11.8 Å². The molecule has 0 aliphatic rings. The Balaban J connectivity index is 2.13. The molecule has 104 valence electrons. The fourth-order valence-corrected chi connectivity index (χ4v) is 2.00. The second kappa shape index (κ2) is 6.11. The van der Waals surface area contributed by atoms with Gasteiger partial charge in [-0.1, -0.05) is 23.7 Å². The van der Waals surface area contributed by atoms with Crippen molar-refractivity contribution in [2.24, 2.45) is 0 Å². The number of aromatic hydroxyl groups is 1. The van der Waals surface area contributed by atoms with Crippen molar-refractivity contribution in [3.8, 4) is 5.75 Å². The van der Waals surface area contributed by atoms with Crippen LogP contribution in [0.25, 0.3) is 0 Å². The van der Waals surface area contributed by atoms with Gasteiger partial charge >= 0.3 is 0 Å². The zero-order valence-electron chi connectivity index (χ0n) is 10.0. The zero-order chi connectivity index (χ0) is 14.7. The summed E-state index contributed by atoms with van der Waals surface area (Å²) in [5.41, 5.74) is 0.0777. The maximum absolute atomic E-state index is 11.8.